The van der Waals surface area contributed by atoms with Crippen molar-refractivity contribution >= 4 is 11.7 Å². The lowest BCUT2D eigenvalue weighted by Crippen LogP contribution is -2.49. The third-order valence-corrected chi connectivity index (χ3v) is 4.72. The predicted molar refractivity (Wildman–Crippen MR) is 100 cm³/mol. The molecule has 26 heavy (non-hydrogen) atoms. The second-order valence-electron chi connectivity index (χ2n) is 6.34. The zero-order valence-electron chi connectivity index (χ0n) is 14.8. The summed E-state index contributed by atoms with van der Waals surface area (Å²) in [5.74, 6) is 0.926. The van der Waals surface area contributed by atoms with E-state index in [0.717, 1.165) is 36.7 Å². The number of anilines is 1. The Labute approximate surface area is 152 Å². The molecule has 3 heterocycles. The minimum atomic E-state index is 0.00357. The molecule has 134 valence electrons. The van der Waals surface area contributed by atoms with Crippen LogP contribution in [-0.4, -0.2) is 57.0 Å². The first-order chi connectivity index (χ1) is 12.7. The highest BCUT2D eigenvalue weighted by Crippen LogP contribution is 2.22. The molecule has 0 unspecified atom stereocenters. The minimum Gasteiger partial charge on any atom is -0.352 e. The van der Waals surface area contributed by atoms with Gasteiger partial charge in [0.05, 0.1) is 5.69 Å². The van der Waals surface area contributed by atoms with Crippen molar-refractivity contribution in [2.75, 3.05) is 31.1 Å². The highest BCUT2D eigenvalue weighted by Gasteiger charge is 2.24. The summed E-state index contributed by atoms with van der Waals surface area (Å²) in [6.07, 6.45) is 1.85. The molecule has 0 saturated carbocycles. The van der Waals surface area contributed by atoms with Crippen LogP contribution in [0.4, 0.5) is 5.82 Å². The number of aromatic amines is 1. The van der Waals surface area contributed by atoms with E-state index in [0.29, 0.717) is 18.8 Å². The van der Waals surface area contributed by atoms with E-state index >= 15 is 0 Å². The van der Waals surface area contributed by atoms with Crippen LogP contribution in [0.1, 0.15) is 17.4 Å². The molecule has 7 heteroatoms. The van der Waals surface area contributed by atoms with Gasteiger partial charge in [0.2, 0.25) is 0 Å². The number of aryl methyl sites for hydroxylation is 1. The highest BCUT2D eigenvalue weighted by atomic mass is 16.2. The molecule has 0 radical (unpaired) electrons. The number of hydrogen-bond acceptors (Lipinski definition) is 4. The molecule has 1 fully saturated rings. The van der Waals surface area contributed by atoms with Crippen LogP contribution in [0.2, 0.25) is 0 Å². The third kappa shape index (κ3) is 3.20. The summed E-state index contributed by atoms with van der Waals surface area (Å²) in [6, 6.07) is 14.0. The fraction of sp³-hybridized carbons (Fsp3) is 0.316. The number of carbonyl (C=O) groups excluding carboxylic acids is 1. The molecule has 1 saturated heterocycles. The maximum absolute atomic E-state index is 12.6. The molecule has 0 spiro atoms. The molecule has 2 aromatic heterocycles. The van der Waals surface area contributed by atoms with Gasteiger partial charge in [-0.1, -0.05) is 30.3 Å². The first-order valence-corrected chi connectivity index (χ1v) is 8.93. The Morgan fingerprint density at radius 2 is 1.88 bits per heavy atom. The normalized spacial score (nSPS) is 14.7. The molecular formula is C19H22N6O. The van der Waals surface area contributed by atoms with E-state index in [-0.39, 0.29) is 5.91 Å². The number of nitrogens with zero attached hydrogens (tertiary/aromatic N) is 5. The van der Waals surface area contributed by atoms with E-state index in [1.165, 1.54) is 0 Å². The van der Waals surface area contributed by atoms with Crippen molar-refractivity contribution in [2.24, 2.45) is 0 Å². The van der Waals surface area contributed by atoms with Crippen molar-refractivity contribution < 1.29 is 4.79 Å². The van der Waals surface area contributed by atoms with Gasteiger partial charge in [-0.15, -0.1) is 0 Å². The van der Waals surface area contributed by atoms with Gasteiger partial charge in [-0.3, -0.25) is 14.6 Å². The van der Waals surface area contributed by atoms with Crippen molar-refractivity contribution in [2.45, 2.75) is 13.5 Å². The second-order valence-corrected chi connectivity index (χ2v) is 6.34. The summed E-state index contributed by atoms with van der Waals surface area (Å²) in [6.45, 7) is 5.65. The van der Waals surface area contributed by atoms with Crippen LogP contribution in [0.5, 0.6) is 0 Å². The molecule has 1 amide bonds. The van der Waals surface area contributed by atoms with Crippen LogP contribution in [0, 0.1) is 0 Å². The molecule has 1 N–H and O–H groups in total. The molecule has 1 aliphatic rings. The van der Waals surface area contributed by atoms with Gasteiger partial charge in [-0.2, -0.15) is 10.2 Å². The summed E-state index contributed by atoms with van der Waals surface area (Å²) in [4.78, 5) is 16.6. The predicted octanol–water partition coefficient (Wildman–Crippen LogP) is 2.26. The van der Waals surface area contributed by atoms with Gasteiger partial charge in [0.25, 0.3) is 5.91 Å². The Bertz CT molecular complexity index is 876. The molecule has 3 aromatic rings. The van der Waals surface area contributed by atoms with Crippen LogP contribution in [-0.2, 0) is 6.54 Å². The zero-order valence-corrected chi connectivity index (χ0v) is 14.8. The number of H-pyrrole nitrogens is 1. The maximum Gasteiger partial charge on any atom is 0.274 e. The molecule has 1 aliphatic heterocycles. The van der Waals surface area contributed by atoms with Crippen molar-refractivity contribution in [1.29, 1.82) is 0 Å². The fourth-order valence-electron chi connectivity index (χ4n) is 3.19. The first-order valence-electron chi connectivity index (χ1n) is 8.93. The van der Waals surface area contributed by atoms with E-state index in [9.17, 15) is 4.79 Å². The van der Waals surface area contributed by atoms with Gasteiger partial charge in [0.15, 0.2) is 5.82 Å². The Kier molecular flexibility index (Phi) is 4.43. The highest BCUT2D eigenvalue weighted by molar-refractivity contribution is 5.92. The molecule has 0 atom stereocenters. The summed E-state index contributed by atoms with van der Waals surface area (Å²) < 4.78 is 1.78. The number of amides is 1. The average Bonchev–Trinajstić information content (AvgIpc) is 3.38. The molecule has 1 aromatic carbocycles. The van der Waals surface area contributed by atoms with Crippen molar-refractivity contribution in [1.82, 2.24) is 24.9 Å². The molecule has 4 rings (SSSR count). The second kappa shape index (κ2) is 7.03. The Morgan fingerprint density at radius 1 is 1.12 bits per heavy atom. The lowest BCUT2D eigenvalue weighted by Gasteiger charge is -2.34. The number of aromatic nitrogens is 4. The van der Waals surface area contributed by atoms with Crippen LogP contribution in [0.25, 0.3) is 11.3 Å². The van der Waals surface area contributed by atoms with E-state index < -0.39 is 0 Å². The first kappa shape index (κ1) is 16.4. The van der Waals surface area contributed by atoms with Crippen LogP contribution in [0.3, 0.4) is 0 Å². The topological polar surface area (TPSA) is 70.1 Å². The number of carbonyl (C=O) groups is 1. The average molecular weight is 350 g/mol. The van der Waals surface area contributed by atoms with E-state index in [1.54, 1.807) is 10.7 Å². The quantitative estimate of drug-likeness (QED) is 0.783. The van der Waals surface area contributed by atoms with Gasteiger partial charge < -0.3 is 9.80 Å². The number of nitrogens with one attached hydrogen (secondary N) is 1. The van der Waals surface area contributed by atoms with Gasteiger partial charge in [-0.05, 0) is 18.6 Å². The number of rotatable bonds is 4. The Balaban J connectivity index is 1.39. The fourth-order valence-corrected chi connectivity index (χ4v) is 3.19. The maximum atomic E-state index is 12.6. The molecule has 0 bridgehead atoms. The van der Waals surface area contributed by atoms with Crippen LogP contribution >= 0.6 is 0 Å². The van der Waals surface area contributed by atoms with Crippen molar-refractivity contribution in [3.63, 3.8) is 0 Å². The summed E-state index contributed by atoms with van der Waals surface area (Å²) in [7, 11) is 0. The van der Waals surface area contributed by atoms with Gasteiger partial charge in [0, 0.05) is 45.0 Å². The monoisotopic (exact) mass is 350 g/mol. The Hall–Kier alpha value is -3.09. The third-order valence-electron chi connectivity index (χ3n) is 4.72. The van der Waals surface area contributed by atoms with Gasteiger partial charge in [0.1, 0.15) is 5.69 Å². The van der Waals surface area contributed by atoms with Crippen LogP contribution in [0.15, 0.2) is 48.7 Å². The summed E-state index contributed by atoms with van der Waals surface area (Å²) in [5.41, 5.74) is 2.64. The number of hydrogen-bond donors (Lipinski definition) is 1. The SMILES string of the molecule is CCn1ccc(C(=O)N2CCN(c3cc(-c4ccccc4)[nH]n3)CC2)n1. The van der Waals surface area contributed by atoms with E-state index in [1.807, 2.05) is 36.2 Å². The van der Waals surface area contributed by atoms with Crippen molar-refractivity contribution in [3.8, 4) is 11.3 Å². The number of benzene rings is 1. The molecule has 0 aliphatic carbocycles. The zero-order chi connectivity index (χ0) is 17.9. The standard InChI is InChI=1S/C19H22N6O/c1-2-25-9-8-16(22-25)19(26)24-12-10-23(11-13-24)18-14-17(20-21-18)15-6-4-3-5-7-15/h3-9,14H,2,10-13H2,1H3,(H,20,21). The van der Waals surface area contributed by atoms with Gasteiger partial charge >= 0.3 is 0 Å². The largest absolute Gasteiger partial charge is 0.352 e. The summed E-state index contributed by atoms with van der Waals surface area (Å²) >= 11 is 0. The van der Waals surface area contributed by atoms with Gasteiger partial charge in [-0.25, -0.2) is 0 Å². The van der Waals surface area contributed by atoms with E-state index in [2.05, 4.69) is 38.4 Å². The lowest BCUT2D eigenvalue weighted by atomic mass is 10.1. The Morgan fingerprint density at radius 3 is 2.58 bits per heavy atom. The smallest absolute Gasteiger partial charge is 0.274 e. The van der Waals surface area contributed by atoms with E-state index in [4.69, 9.17) is 0 Å². The van der Waals surface area contributed by atoms with Crippen molar-refractivity contribution in [3.05, 3.63) is 54.4 Å². The van der Waals surface area contributed by atoms with Crippen LogP contribution < -0.4 is 4.90 Å². The molecular weight excluding hydrogens is 328 g/mol. The molecule has 7 nitrogen and oxygen atoms in total. The minimum absolute atomic E-state index is 0.00357. The lowest BCUT2D eigenvalue weighted by molar-refractivity contribution is 0.0739. The number of piperazine rings is 1. The summed E-state index contributed by atoms with van der Waals surface area (Å²) in [5, 5.41) is 11.9.